The van der Waals surface area contributed by atoms with Crippen molar-refractivity contribution in [1.29, 1.82) is 0 Å². The Labute approximate surface area is 133 Å². The number of rotatable bonds is 4. The Morgan fingerprint density at radius 2 is 2.18 bits per heavy atom. The van der Waals surface area contributed by atoms with Gasteiger partial charge in [0.15, 0.2) is 11.5 Å². The Balaban J connectivity index is 1.75. The van der Waals surface area contributed by atoms with E-state index in [0.717, 1.165) is 22.0 Å². The maximum atomic E-state index is 12.4. The molecule has 1 N–H and O–H groups in total. The molecule has 0 spiro atoms. The minimum Gasteiger partial charge on any atom is -0.486 e. The van der Waals surface area contributed by atoms with Crippen molar-refractivity contribution in [2.45, 2.75) is 26.8 Å². The van der Waals surface area contributed by atoms with E-state index in [0.29, 0.717) is 36.8 Å². The maximum absolute atomic E-state index is 12.4. The Hall–Kier alpha value is -2.08. The van der Waals surface area contributed by atoms with Gasteiger partial charge in [-0.1, -0.05) is 13.0 Å². The van der Waals surface area contributed by atoms with Crippen molar-refractivity contribution >= 4 is 17.2 Å². The zero-order valence-electron chi connectivity index (χ0n) is 12.6. The predicted octanol–water partition coefficient (Wildman–Crippen LogP) is 2.72. The molecule has 22 heavy (non-hydrogen) atoms. The third-order valence-electron chi connectivity index (χ3n) is 3.44. The van der Waals surface area contributed by atoms with Gasteiger partial charge in [0, 0.05) is 4.88 Å². The largest absolute Gasteiger partial charge is 0.486 e. The van der Waals surface area contributed by atoms with Gasteiger partial charge >= 0.3 is 0 Å². The molecule has 5 nitrogen and oxygen atoms in total. The monoisotopic (exact) mass is 318 g/mol. The first kappa shape index (κ1) is 14.8. The Bertz CT molecular complexity index is 697. The number of fused-ring (bicyclic) bond motifs is 1. The highest BCUT2D eigenvalue weighted by atomic mass is 32.1. The highest BCUT2D eigenvalue weighted by molar-refractivity contribution is 7.11. The lowest BCUT2D eigenvalue weighted by Gasteiger charge is -2.20. The first-order valence-corrected chi connectivity index (χ1v) is 8.12. The summed E-state index contributed by atoms with van der Waals surface area (Å²) in [7, 11) is 0. The summed E-state index contributed by atoms with van der Waals surface area (Å²) in [6, 6.07) is 5.37. The van der Waals surface area contributed by atoms with Crippen LogP contribution in [-0.4, -0.2) is 24.1 Å². The molecule has 0 bridgehead atoms. The minimum atomic E-state index is -0.157. The lowest BCUT2D eigenvalue weighted by atomic mass is 10.1. The predicted molar refractivity (Wildman–Crippen MR) is 84.8 cm³/mol. The molecule has 2 aromatic rings. The first-order valence-electron chi connectivity index (χ1n) is 7.31. The van der Waals surface area contributed by atoms with Crippen molar-refractivity contribution in [3.05, 3.63) is 39.3 Å². The highest BCUT2D eigenvalue weighted by Gasteiger charge is 2.20. The summed E-state index contributed by atoms with van der Waals surface area (Å²) >= 11 is 1.62. The molecule has 0 saturated heterocycles. The Morgan fingerprint density at radius 3 is 3.00 bits per heavy atom. The minimum absolute atomic E-state index is 0.157. The van der Waals surface area contributed by atoms with Gasteiger partial charge in [-0.25, -0.2) is 4.98 Å². The summed E-state index contributed by atoms with van der Waals surface area (Å²) in [5, 5.41) is 3.97. The van der Waals surface area contributed by atoms with E-state index >= 15 is 0 Å². The summed E-state index contributed by atoms with van der Waals surface area (Å²) < 4.78 is 11.1. The number of aryl methyl sites for hydroxylation is 2. The second-order valence-corrected chi connectivity index (χ2v) is 6.26. The lowest BCUT2D eigenvalue weighted by molar-refractivity contribution is 0.0940. The fraction of sp³-hybridized carbons (Fsp3) is 0.375. The molecule has 0 aliphatic carbocycles. The van der Waals surface area contributed by atoms with Gasteiger partial charge in [-0.15, -0.1) is 11.3 Å². The molecule has 1 aromatic carbocycles. The van der Waals surface area contributed by atoms with Gasteiger partial charge in [-0.05, 0) is 25.5 Å². The van der Waals surface area contributed by atoms with Crippen LogP contribution in [0.4, 0.5) is 0 Å². The molecule has 1 aliphatic rings. The SMILES string of the molecule is CCc1nc(C)sc1CNC(=O)c1cccc2c1OCCO2. The fourth-order valence-electron chi connectivity index (χ4n) is 2.44. The van der Waals surface area contributed by atoms with Crippen molar-refractivity contribution in [2.24, 2.45) is 0 Å². The molecule has 0 fully saturated rings. The summed E-state index contributed by atoms with van der Waals surface area (Å²) in [5.74, 6) is 1.000. The van der Waals surface area contributed by atoms with Gasteiger partial charge < -0.3 is 14.8 Å². The average Bonchev–Trinajstić information content (AvgIpc) is 2.92. The van der Waals surface area contributed by atoms with Crippen molar-refractivity contribution < 1.29 is 14.3 Å². The van der Waals surface area contributed by atoms with Crippen LogP contribution in [0.3, 0.4) is 0 Å². The lowest BCUT2D eigenvalue weighted by Crippen LogP contribution is -2.25. The van der Waals surface area contributed by atoms with Crippen LogP contribution in [0.1, 0.15) is 32.9 Å². The summed E-state index contributed by atoms with van der Waals surface area (Å²) in [4.78, 5) is 18.0. The summed E-state index contributed by atoms with van der Waals surface area (Å²) in [6.45, 7) is 5.51. The van der Waals surface area contributed by atoms with E-state index < -0.39 is 0 Å². The van der Waals surface area contributed by atoms with Crippen LogP contribution in [0, 0.1) is 6.92 Å². The van der Waals surface area contributed by atoms with Crippen LogP contribution in [0.25, 0.3) is 0 Å². The summed E-state index contributed by atoms with van der Waals surface area (Å²) in [5.41, 5.74) is 1.56. The second kappa shape index (κ2) is 6.36. The number of aromatic nitrogens is 1. The van der Waals surface area contributed by atoms with Crippen molar-refractivity contribution in [3.8, 4) is 11.5 Å². The number of benzene rings is 1. The van der Waals surface area contributed by atoms with Crippen LogP contribution >= 0.6 is 11.3 Å². The van der Waals surface area contributed by atoms with E-state index in [1.54, 1.807) is 23.5 Å². The third-order valence-corrected chi connectivity index (χ3v) is 4.45. The van der Waals surface area contributed by atoms with E-state index in [4.69, 9.17) is 9.47 Å². The number of carbonyl (C=O) groups excluding carboxylic acids is 1. The van der Waals surface area contributed by atoms with Gasteiger partial charge in [0.1, 0.15) is 13.2 Å². The van der Waals surface area contributed by atoms with Gasteiger partial charge in [0.05, 0.1) is 22.8 Å². The quantitative estimate of drug-likeness (QED) is 0.941. The molecule has 0 unspecified atom stereocenters. The maximum Gasteiger partial charge on any atom is 0.255 e. The van der Waals surface area contributed by atoms with E-state index in [1.165, 1.54) is 0 Å². The normalized spacial score (nSPS) is 13.0. The molecule has 1 amide bonds. The zero-order valence-corrected chi connectivity index (χ0v) is 13.5. The molecule has 116 valence electrons. The van der Waals surface area contributed by atoms with E-state index in [9.17, 15) is 4.79 Å². The van der Waals surface area contributed by atoms with E-state index in [1.807, 2.05) is 13.0 Å². The molecule has 6 heteroatoms. The number of para-hydroxylation sites is 1. The van der Waals surface area contributed by atoms with Crippen LogP contribution in [0.5, 0.6) is 11.5 Å². The standard InChI is InChI=1S/C16H18N2O3S/c1-3-12-14(22-10(2)18-12)9-17-16(19)11-5-4-6-13-15(11)21-8-7-20-13/h4-6H,3,7-9H2,1-2H3,(H,17,19). The molecular weight excluding hydrogens is 300 g/mol. The second-order valence-electron chi connectivity index (χ2n) is 4.97. The summed E-state index contributed by atoms with van der Waals surface area (Å²) in [6.07, 6.45) is 0.868. The van der Waals surface area contributed by atoms with Gasteiger partial charge in [-0.3, -0.25) is 4.79 Å². The number of nitrogens with one attached hydrogen (secondary N) is 1. The van der Waals surface area contributed by atoms with E-state index in [-0.39, 0.29) is 5.91 Å². The number of nitrogens with zero attached hydrogens (tertiary/aromatic N) is 1. The molecule has 0 saturated carbocycles. The van der Waals surface area contributed by atoms with Crippen LogP contribution in [0.15, 0.2) is 18.2 Å². The van der Waals surface area contributed by atoms with Crippen LogP contribution in [-0.2, 0) is 13.0 Å². The molecule has 0 radical (unpaired) electrons. The Kier molecular flexibility index (Phi) is 4.29. The smallest absolute Gasteiger partial charge is 0.255 e. The Morgan fingerprint density at radius 1 is 1.36 bits per heavy atom. The topological polar surface area (TPSA) is 60.5 Å². The van der Waals surface area contributed by atoms with Crippen molar-refractivity contribution in [1.82, 2.24) is 10.3 Å². The number of hydrogen-bond donors (Lipinski definition) is 1. The average molecular weight is 318 g/mol. The fourth-order valence-corrected chi connectivity index (χ4v) is 3.40. The van der Waals surface area contributed by atoms with Crippen LogP contribution < -0.4 is 14.8 Å². The number of ether oxygens (including phenoxy) is 2. The highest BCUT2D eigenvalue weighted by Crippen LogP contribution is 2.33. The molecule has 2 heterocycles. The molecule has 3 rings (SSSR count). The van der Waals surface area contributed by atoms with Crippen LogP contribution in [0.2, 0.25) is 0 Å². The zero-order chi connectivity index (χ0) is 15.5. The molecular formula is C16H18N2O3S. The van der Waals surface area contributed by atoms with Gasteiger partial charge in [0.25, 0.3) is 5.91 Å². The van der Waals surface area contributed by atoms with E-state index in [2.05, 4.69) is 17.2 Å². The molecule has 0 atom stereocenters. The molecule has 1 aliphatic heterocycles. The molecule has 1 aromatic heterocycles. The first-order chi connectivity index (χ1) is 10.7. The number of thiazole rings is 1. The van der Waals surface area contributed by atoms with Gasteiger partial charge in [0.2, 0.25) is 0 Å². The number of carbonyl (C=O) groups is 1. The third kappa shape index (κ3) is 2.92. The number of amides is 1. The number of hydrogen-bond acceptors (Lipinski definition) is 5. The van der Waals surface area contributed by atoms with Crippen molar-refractivity contribution in [2.75, 3.05) is 13.2 Å². The van der Waals surface area contributed by atoms with Crippen molar-refractivity contribution in [3.63, 3.8) is 0 Å². The van der Waals surface area contributed by atoms with Gasteiger partial charge in [-0.2, -0.15) is 0 Å².